The fraction of sp³-hybridized carbons (Fsp3) is 0.562. The first-order valence-corrected chi connectivity index (χ1v) is 7.70. The maximum atomic E-state index is 13.6. The molecule has 5 heteroatoms. The second-order valence-corrected chi connectivity index (χ2v) is 6.03. The zero-order valence-corrected chi connectivity index (χ0v) is 12.9. The van der Waals surface area contributed by atoms with Gasteiger partial charge in [0.25, 0.3) is 0 Å². The molecule has 114 valence electrons. The molecule has 0 bridgehead atoms. The Hall–Kier alpha value is -1.46. The Kier molecular flexibility index (Phi) is 3.95. The van der Waals surface area contributed by atoms with Crippen molar-refractivity contribution in [2.45, 2.75) is 32.9 Å². The van der Waals surface area contributed by atoms with Crippen LogP contribution < -0.4 is 5.32 Å². The molecule has 1 aromatic heterocycles. The van der Waals surface area contributed by atoms with Gasteiger partial charge in [-0.3, -0.25) is 4.90 Å². The van der Waals surface area contributed by atoms with Gasteiger partial charge in [-0.15, -0.1) is 0 Å². The lowest BCUT2D eigenvalue weighted by molar-refractivity contribution is 0.175. The third kappa shape index (κ3) is 2.68. The van der Waals surface area contributed by atoms with Crippen molar-refractivity contribution in [2.75, 3.05) is 26.2 Å². The van der Waals surface area contributed by atoms with Crippen LogP contribution in [0.4, 0.5) is 4.39 Å². The number of nitrogens with one attached hydrogen (secondary N) is 1. The lowest BCUT2D eigenvalue weighted by Gasteiger charge is -2.33. The van der Waals surface area contributed by atoms with Crippen LogP contribution in [-0.2, 0) is 0 Å². The Labute approximate surface area is 125 Å². The van der Waals surface area contributed by atoms with E-state index in [1.807, 2.05) is 0 Å². The molecule has 0 aliphatic carbocycles. The zero-order valence-electron chi connectivity index (χ0n) is 12.9. The number of rotatable bonds is 3. The molecule has 1 unspecified atom stereocenters. The molecule has 1 aliphatic heterocycles. The topological polar surface area (TPSA) is 33.1 Å². The van der Waals surface area contributed by atoms with Gasteiger partial charge in [0.2, 0.25) is 0 Å². The summed E-state index contributed by atoms with van der Waals surface area (Å²) in [5, 5.41) is 3.37. The average molecular weight is 290 g/mol. The van der Waals surface area contributed by atoms with Crippen molar-refractivity contribution < 1.29 is 4.39 Å². The first kappa shape index (κ1) is 14.5. The number of hydrogen-bond acceptors (Lipinski definition) is 3. The molecule has 21 heavy (non-hydrogen) atoms. The second-order valence-electron chi connectivity index (χ2n) is 6.03. The number of benzene rings is 1. The van der Waals surface area contributed by atoms with Gasteiger partial charge < -0.3 is 9.88 Å². The van der Waals surface area contributed by atoms with Gasteiger partial charge in [0.1, 0.15) is 11.6 Å². The number of halogens is 1. The maximum absolute atomic E-state index is 13.6. The van der Waals surface area contributed by atoms with Crippen LogP contribution in [0, 0.1) is 5.82 Å². The van der Waals surface area contributed by atoms with Crippen LogP contribution in [0.25, 0.3) is 11.0 Å². The summed E-state index contributed by atoms with van der Waals surface area (Å²) in [5.74, 6) is 0.832. The highest BCUT2D eigenvalue weighted by atomic mass is 19.1. The van der Waals surface area contributed by atoms with Crippen LogP contribution in [-0.4, -0.2) is 40.6 Å². The van der Waals surface area contributed by atoms with Gasteiger partial charge in [0, 0.05) is 32.2 Å². The molecule has 2 aromatic rings. The zero-order chi connectivity index (χ0) is 15.0. The summed E-state index contributed by atoms with van der Waals surface area (Å²) in [7, 11) is 0. The van der Waals surface area contributed by atoms with Crippen LogP contribution >= 0.6 is 0 Å². The first-order valence-electron chi connectivity index (χ1n) is 7.70. The summed E-state index contributed by atoms with van der Waals surface area (Å²) in [6, 6.07) is 5.36. The minimum Gasteiger partial charge on any atom is -0.324 e. The lowest BCUT2D eigenvalue weighted by Crippen LogP contribution is -2.45. The monoisotopic (exact) mass is 290 g/mol. The van der Waals surface area contributed by atoms with Crippen molar-refractivity contribution in [3.05, 3.63) is 29.8 Å². The molecular formula is C16H23FN4. The Morgan fingerprint density at radius 2 is 1.90 bits per heavy atom. The minimum atomic E-state index is -0.203. The van der Waals surface area contributed by atoms with E-state index >= 15 is 0 Å². The average Bonchev–Trinajstić information content (AvgIpc) is 2.86. The molecule has 0 amide bonds. The Morgan fingerprint density at radius 3 is 2.57 bits per heavy atom. The standard InChI is InChI=1S/C16H23FN4/c1-11(2)21-15-10-13(17)4-5-14(15)19-16(21)12(3)20-8-6-18-7-9-20/h4-5,10-12,18H,6-9H2,1-3H3. The summed E-state index contributed by atoms with van der Waals surface area (Å²) < 4.78 is 15.8. The number of hydrogen-bond donors (Lipinski definition) is 1. The van der Waals surface area contributed by atoms with E-state index in [-0.39, 0.29) is 17.9 Å². The van der Waals surface area contributed by atoms with Crippen molar-refractivity contribution in [3.63, 3.8) is 0 Å². The molecule has 1 aliphatic rings. The predicted octanol–water partition coefficient (Wildman–Crippen LogP) is 2.72. The molecule has 1 atom stereocenters. The molecule has 4 nitrogen and oxygen atoms in total. The van der Waals surface area contributed by atoms with Gasteiger partial charge in [0.15, 0.2) is 0 Å². The number of nitrogens with zero attached hydrogens (tertiary/aromatic N) is 3. The first-order chi connectivity index (χ1) is 10.1. The normalized spacial score (nSPS) is 18.5. The highest BCUT2D eigenvalue weighted by molar-refractivity contribution is 5.76. The molecule has 2 heterocycles. The quantitative estimate of drug-likeness (QED) is 0.943. The smallest absolute Gasteiger partial charge is 0.127 e. The molecule has 1 aromatic carbocycles. The number of fused-ring (bicyclic) bond motifs is 1. The second kappa shape index (κ2) is 5.73. The Morgan fingerprint density at radius 1 is 1.19 bits per heavy atom. The molecule has 1 fully saturated rings. The van der Waals surface area contributed by atoms with Crippen molar-refractivity contribution in [1.82, 2.24) is 19.8 Å². The molecule has 0 spiro atoms. The van der Waals surface area contributed by atoms with E-state index in [9.17, 15) is 4.39 Å². The van der Waals surface area contributed by atoms with Crippen LogP contribution in [0.1, 0.15) is 38.7 Å². The van der Waals surface area contributed by atoms with Crippen molar-refractivity contribution in [2.24, 2.45) is 0 Å². The third-order valence-electron chi connectivity index (χ3n) is 4.27. The lowest BCUT2D eigenvalue weighted by atomic mass is 10.2. The number of imidazole rings is 1. The molecule has 3 rings (SSSR count). The van der Waals surface area contributed by atoms with E-state index in [2.05, 4.69) is 35.6 Å². The highest BCUT2D eigenvalue weighted by Gasteiger charge is 2.24. The van der Waals surface area contributed by atoms with E-state index in [1.54, 1.807) is 12.1 Å². The van der Waals surface area contributed by atoms with Crippen LogP contribution in [0.15, 0.2) is 18.2 Å². The highest BCUT2D eigenvalue weighted by Crippen LogP contribution is 2.28. The number of aromatic nitrogens is 2. The van der Waals surface area contributed by atoms with Gasteiger partial charge in [0.05, 0.1) is 17.1 Å². The fourth-order valence-electron chi connectivity index (χ4n) is 3.15. The van der Waals surface area contributed by atoms with Crippen LogP contribution in [0.5, 0.6) is 0 Å². The van der Waals surface area contributed by atoms with E-state index in [0.29, 0.717) is 0 Å². The van der Waals surface area contributed by atoms with Gasteiger partial charge in [-0.1, -0.05) is 0 Å². The largest absolute Gasteiger partial charge is 0.324 e. The minimum absolute atomic E-state index is 0.203. The predicted molar refractivity (Wildman–Crippen MR) is 82.9 cm³/mol. The van der Waals surface area contributed by atoms with Crippen molar-refractivity contribution in [3.8, 4) is 0 Å². The van der Waals surface area contributed by atoms with Crippen LogP contribution in [0.3, 0.4) is 0 Å². The van der Waals surface area contributed by atoms with E-state index in [1.165, 1.54) is 6.07 Å². The number of piperazine rings is 1. The van der Waals surface area contributed by atoms with Gasteiger partial charge in [-0.25, -0.2) is 9.37 Å². The molecule has 1 saturated heterocycles. The third-order valence-corrected chi connectivity index (χ3v) is 4.27. The van der Waals surface area contributed by atoms with Gasteiger partial charge in [-0.05, 0) is 39.0 Å². The van der Waals surface area contributed by atoms with E-state index in [0.717, 1.165) is 43.0 Å². The Balaban J connectivity index is 2.06. The van der Waals surface area contributed by atoms with E-state index < -0.39 is 0 Å². The van der Waals surface area contributed by atoms with Crippen LogP contribution in [0.2, 0.25) is 0 Å². The molecule has 0 saturated carbocycles. The van der Waals surface area contributed by atoms with Gasteiger partial charge >= 0.3 is 0 Å². The molecule has 0 radical (unpaired) electrons. The Bertz CT molecular complexity index is 628. The summed E-state index contributed by atoms with van der Waals surface area (Å²) in [6.45, 7) is 10.5. The van der Waals surface area contributed by atoms with Crippen molar-refractivity contribution >= 4 is 11.0 Å². The summed E-state index contributed by atoms with van der Waals surface area (Å²) >= 11 is 0. The van der Waals surface area contributed by atoms with E-state index in [4.69, 9.17) is 4.98 Å². The molecule has 1 N–H and O–H groups in total. The SMILES string of the molecule is CC(c1nc2ccc(F)cc2n1C(C)C)N1CCNCC1. The molecular weight excluding hydrogens is 267 g/mol. The van der Waals surface area contributed by atoms with Crippen molar-refractivity contribution in [1.29, 1.82) is 0 Å². The summed E-state index contributed by atoms with van der Waals surface area (Å²) in [5.41, 5.74) is 1.77. The fourth-order valence-corrected chi connectivity index (χ4v) is 3.15. The maximum Gasteiger partial charge on any atom is 0.127 e. The van der Waals surface area contributed by atoms with Gasteiger partial charge in [-0.2, -0.15) is 0 Å². The summed E-state index contributed by atoms with van der Waals surface area (Å²) in [4.78, 5) is 7.22. The summed E-state index contributed by atoms with van der Waals surface area (Å²) in [6.07, 6.45) is 0.